The molecule has 0 aliphatic heterocycles. The zero-order chi connectivity index (χ0) is 22.9. The van der Waals surface area contributed by atoms with Crippen LogP contribution in [0.2, 0.25) is 0 Å². The summed E-state index contributed by atoms with van der Waals surface area (Å²) in [5, 5.41) is 24.8. The largest absolute Gasteiger partial charge is 0.493 e. The first kappa shape index (κ1) is 21.4. The second-order valence-corrected chi connectivity index (χ2v) is 8.71. The smallest absolute Gasteiger partial charge is 0.193 e. The van der Waals surface area contributed by atoms with Crippen LogP contribution in [0, 0.1) is 0 Å². The molecule has 2 aromatic carbocycles. The number of aromatic nitrogens is 2. The maximum atomic E-state index is 13.6. The van der Waals surface area contributed by atoms with Crippen LogP contribution in [0.4, 0.5) is 0 Å². The van der Waals surface area contributed by atoms with Crippen molar-refractivity contribution < 1.29 is 15.1 Å². The Morgan fingerprint density at radius 2 is 1.97 bits per heavy atom. The van der Waals surface area contributed by atoms with Crippen LogP contribution in [-0.4, -0.2) is 32.9 Å². The molecule has 0 atom stereocenters. The number of aliphatic hydroxyl groups is 1. The fraction of sp³-hybridized carbons (Fsp3) is 0.160. The Labute approximate surface area is 196 Å². The highest BCUT2D eigenvalue weighted by Gasteiger charge is 2.17. The predicted octanol–water partition coefficient (Wildman–Crippen LogP) is 3.84. The van der Waals surface area contributed by atoms with E-state index in [4.69, 9.17) is 9.84 Å². The summed E-state index contributed by atoms with van der Waals surface area (Å²) in [5.41, 5.74) is 2.89. The molecule has 0 unspecified atom stereocenters. The molecule has 2 N–H and O–H groups in total. The van der Waals surface area contributed by atoms with Crippen LogP contribution >= 0.6 is 15.9 Å². The Kier molecular flexibility index (Phi) is 5.70. The van der Waals surface area contributed by atoms with Crippen LogP contribution in [0.1, 0.15) is 17.5 Å². The summed E-state index contributed by atoms with van der Waals surface area (Å²) in [7, 11) is 0. The molecular formula is C25H20BrN3O4. The van der Waals surface area contributed by atoms with Crippen molar-refractivity contribution in [3.8, 4) is 5.75 Å². The first-order valence-corrected chi connectivity index (χ1v) is 11.3. The molecule has 5 aromatic rings. The lowest BCUT2D eigenvalue weighted by Crippen LogP contribution is -2.18. The van der Waals surface area contributed by atoms with Gasteiger partial charge in [0, 0.05) is 58.8 Å². The Morgan fingerprint density at radius 1 is 1.12 bits per heavy atom. The fourth-order valence-corrected chi connectivity index (χ4v) is 4.56. The van der Waals surface area contributed by atoms with Gasteiger partial charge in [-0.05, 0) is 42.0 Å². The van der Waals surface area contributed by atoms with Gasteiger partial charge in [0.15, 0.2) is 5.43 Å². The Balaban J connectivity index is 1.89. The summed E-state index contributed by atoms with van der Waals surface area (Å²) >= 11 is 3.53. The minimum Gasteiger partial charge on any atom is -0.493 e. The average Bonchev–Trinajstić information content (AvgIpc) is 2.83. The van der Waals surface area contributed by atoms with Crippen LogP contribution in [0.25, 0.3) is 27.2 Å². The third kappa shape index (κ3) is 3.81. The molecule has 0 amide bonds. The van der Waals surface area contributed by atoms with Crippen molar-refractivity contribution in [3.63, 3.8) is 0 Å². The van der Waals surface area contributed by atoms with Crippen molar-refractivity contribution in [2.45, 2.75) is 12.8 Å². The van der Waals surface area contributed by atoms with Crippen LogP contribution in [0.3, 0.4) is 0 Å². The van der Waals surface area contributed by atoms with Gasteiger partial charge in [-0.1, -0.05) is 27.2 Å². The quantitative estimate of drug-likeness (QED) is 0.120. The molecule has 3 aromatic heterocycles. The van der Waals surface area contributed by atoms with Gasteiger partial charge in [0.25, 0.3) is 0 Å². The molecule has 0 spiro atoms. The van der Waals surface area contributed by atoms with Crippen LogP contribution < -0.4 is 15.5 Å². The third-order valence-corrected chi connectivity index (χ3v) is 6.16. The fourth-order valence-electron chi connectivity index (χ4n) is 4.21. The predicted molar refractivity (Wildman–Crippen MR) is 129 cm³/mol. The molecule has 0 aliphatic rings. The van der Waals surface area contributed by atoms with E-state index in [1.54, 1.807) is 24.5 Å². The summed E-state index contributed by atoms with van der Waals surface area (Å²) in [6.07, 6.45) is 6.20. The van der Waals surface area contributed by atoms with E-state index in [2.05, 4.69) is 26.1 Å². The zero-order valence-corrected chi connectivity index (χ0v) is 19.1. The Bertz CT molecular complexity index is 1600. The van der Waals surface area contributed by atoms with Gasteiger partial charge in [0.05, 0.1) is 23.0 Å². The summed E-state index contributed by atoms with van der Waals surface area (Å²) in [4.78, 5) is 17.8. The number of aliphatic hydroxyl groups excluding tert-OH is 1. The first-order chi connectivity index (χ1) is 16.1. The second-order valence-electron chi connectivity index (χ2n) is 7.79. The van der Waals surface area contributed by atoms with E-state index in [0.29, 0.717) is 52.4 Å². The summed E-state index contributed by atoms with van der Waals surface area (Å²) in [6, 6.07) is 13.0. The van der Waals surface area contributed by atoms with Gasteiger partial charge >= 0.3 is 0 Å². The van der Waals surface area contributed by atoms with Crippen molar-refractivity contribution in [1.29, 1.82) is 0 Å². The van der Waals surface area contributed by atoms with Crippen LogP contribution in [-0.2, 0) is 6.42 Å². The highest BCUT2D eigenvalue weighted by Crippen LogP contribution is 2.29. The molecule has 0 fully saturated rings. The van der Waals surface area contributed by atoms with Gasteiger partial charge in [0.1, 0.15) is 11.1 Å². The molecule has 0 bridgehead atoms. The summed E-state index contributed by atoms with van der Waals surface area (Å²) in [5.74, 6) is 0.481. The number of rotatable bonds is 6. The lowest BCUT2D eigenvalue weighted by atomic mass is 10.0. The molecule has 0 saturated carbocycles. The van der Waals surface area contributed by atoms with E-state index in [1.807, 2.05) is 40.9 Å². The normalized spacial score (nSPS) is 12.2. The highest BCUT2D eigenvalue weighted by atomic mass is 79.9. The molecular weight excluding hydrogens is 486 g/mol. The van der Waals surface area contributed by atoms with Crippen LogP contribution in [0.15, 0.2) is 75.5 Å². The molecule has 0 radical (unpaired) electrons. The maximum absolute atomic E-state index is 13.6. The summed E-state index contributed by atoms with van der Waals surface area (Å²) < 4.78 is 8.66. The van der Waals surface area contributed by atoms with E-state index < -0.39 is 0 Å². The molecule has 3 heterocycles. The van der Waals surface area contributed by atoms with Crippen molar-refractivity contribution in [3.05, 3.63) is 92.2 Å². The maximum Gasteiger partial charge on any atom is 0.193 e. The number of hydrogen-bond acceptors (Lipinski definition) is 6. The minimum absolute atomic E-state index is 0.00804. The number of nitrogens with zero attached hydrogens (tertiary/aromatic N) is 3. The standard InChI is InChI=1S/C25H20BrN3O4/c26-17-4-5-19-22(10-17)29-14-16(9-15-3-1-6-27-13-15)25(31)21-12-18(33-8-2-7-30)11-20(24(21)29)23(19)28-32/h1,3-6,10-14,30,32H,2,7-9H2/b28-23+. The van der Waals surface area contributed by atoms with Gasteiger partial charge in [-0.2, -0.15) is 0 Å². The number of hydrogen-bond donors (Lipinski definition) is 2. The molecule has 5 rings (SSSR count). The van der Waals surface area contributed by atoms with E-state index in [1.165, 1.54) is 0 Å². The zero-order valence-electron chi connectivity index (χ0n) is 17.5. The van der Waals surface area contributed by atoms with Gasteiger partial charge < -0.3 is 19.5 Å². The lowest BCUT2D eigenvalue weighted by molar-refractivity contribution is 0.234. The number of ether oxygens (including phenoxy) is 1. The number of pyridine rings is 3. The van der Waals surface area contributed by atoms with E-state index in [0.717, 1.165) is 20.9 Å². The first-order valence-electron chi connectivity index (χ1n) is 10.5. The van der Waals surface area contributed by atoms with Crippen molar-refractivity contribution >= 4 is 43.1 Å². The van der Waals surface area contributed by atoms with Crippen LogP contribution in [0.5, 0.6) is 5.75 Å². The van der Waals surface area contributed by atoms with Gasteiger partial charge in [0.2, 0.25) is 0 Å². The van der Waals surface area contributed by atoms with Gasteiger partial charge in [-0.25, -0.2) is 0 Å². The van der Waals surface area contributed by atoms with Crippen molar-refractivity contribution in [2.24, 2.45) is 5.16 Å². The molecule has 33 heavy (non-hydrogen) atoms. The van der Waals surface area contributed by atoms with Crippen molar-refractivity contribution in [1.82, 2.24) is 9.38 Å². The monoisotopic (exact) mass is 505 g/mol. The lowest BCUT2D eigenvalue weighted by Gasteiger charge is -2.16. The topological polar surface area (TPSA) is 96.4 Å². The number of halogens is 1. The Hall–Kier alpha value is -3.49. The molecule has 0 saturated heterocycles. The second kappa shape index (κ2) is 8.80. The number of benzene rings is 2. The van der Waals surface area contributed by atoms with E-state index in [-0.39, 0.29) is 12.0 Å². The van der Waals surface area contributed by atoms with E-state index in [9.17, 15) is 10.0 Å². The van der Waals surface area contributed by atoms with Crippen molar-refractivity contribution in [2.75, 3.05) is 13.2 Å². The SMILES string of the molecule is O=c1c(Cc2cccnc2)cn2c3cc(Br)ccc3/c(=N\O)c3cc(OCCCO)cc1c32. The third-order valence-electron chi connectivity index (χ3n) is 5.66. The van der Waals surface area contributed by atoms with E-state index >= 15 is 0 Å². The molecule has 0 aliphatic carbocycles. The number of fused-ring (bicyclic) bond motifs is 2. The molecule has 7 nitrogen and oxygen atoms in total. The average molecular weight is 506 g/mol. The van der Waals surface area contributed by atoms with Gasteiger partial charge in [-0.3, -0.25) is 9.78 Å². The van der Waals surface area contributed by atoms with Gasteiger partial charge in [-0.15, -0.1) is 0 Å². The minimum atomic E-state index is -0.116. The summed E-state index contributed by atoms with van der Waals surface area (Å²) in [6.45, 7) is 0.314. The highest BCUT2D eigenvalue weighted by molar-refractivity contribution is 9.10. The Morgan fingerprint density at radius 3 is 2.73 bits per heavy atom. The molecule has 166 valence electrons. The molecule has 8 heteroatoms.